The Hall–Kier alpha value is -1.87. The van der Waals surface area contributed by atoms with Crippen LogP contribution in [0.15, 0.2) is 0 Å². The first-order chi connectivity index (χ1) is 8.96. The Labute approximate surface area is 109 Å². The number of aliphatic carboxylic acids is 1. The molecule has 3 amide bonds. The van der Waals surface area contributed by atoms with Crippen LogP contribution in [0.4, 0.5) is 4.79 Å². The summed E-state index contributed by atoms with van der Waals surface area (Å²) in [6, 6.07) is -0.629. The van der Waals surface area contributed by atoms with Gasteiger partial charge in [-0.3, -0.25) is 4.79 Å². The Morgan fingerprint density at radius 3 is 2.68 bits per heavy atom. The molecule has 0 spiro atoms. The summed E-state index contributed by atoms with van der Waals surface area (Å²) in [6.45, 7) is 0.237. The molecule has 0 bridgehead atoms. The molecule has 9 nitrogen and oxygen atoms in total. The number of hydrogen-bond acceptors (Lipinski definition) is 5. The van der Waals surface area contributed by atoms with Crippen LogP contribution in [-0.4, -0.2) is 61.5 Å². The van der Waals surface area contributed by atoms with Crippen LogP contribution in [0, 0.1) is 0 Å². The smallest absolute Gasteiger partial charge is 0.332 e. The van der Waals surface area contributed by atoms with E-state index in [1.807, 2.05) is 0 Å². The number of ether oxygens (including phenoxy) is 2. The van der Waals surface area contributed by atoms with Crippen molar-refractivity contribution in [2.45, 2.75) is 12.0 Å². The number of carbonyl (C=O) groups is 3. The van der Waals surface area contributed by atoms with E-state index in [1.54, 1.807) is 0 Å². The number of primary amides is 1. The van der Waals surface area contributed by atoms with E-state index in [0.717, 1.165) is 0 Å². The third-order valence-electron chi connectivity index (χ3n) is 2.56. The van der Waals surface area contributed by atoms with E-state index in [0.29, 0.717) is 0 Å². The summed E-state index contributed by atoms with van der Waals surface area (Å²) in [7, 11) is 0. The zero-order chi connectivity index (χ0) is 14.3. The van der Waals surface area contributed by atoms with Crippen molar-refractivity contribution in [2.75, 3.05) is 33.0 Å². The zero-order valence-corrected chi connectivity index (χ0v) is 10.3. The highest BCUT2D eigenvalue weighted by Crippen LogP contribution is 2.18. The second-order valence-corrected chi connectivity index (χ2v) is 4.09. The second-order valence-electron chi connectivity index (χ2n) is 4.09. The third kappa shape index (κ3) is 4.72. The molecule has 0 aromatic rings. The van der Waals surface area contributed by atoms with Gasteiger partial charge in [-0.1, -0.05) is 0 Å². The van der Waals surface area contributed by atoms with E-state index < -0.39 is 23.4 Å². The highest BCUT2D eigenvalue weighted by atomic mass is 16.5. The van der Waals surface area contributed by atoms with Crippen molar-refractivity contribution in [3.05, 3.63) is 0 Å². The van der Waals surface area contributed by atoms with Crippen molar-refractivity contribution < 1.29 is 29.0 Å². The number of urea groups is 1. The molecule has 0 aromatic carbocycles. The molecule has 1 heterocycles. The van der Waals surface area contributed by atoms with Crippen molar-refractivity contribution in [1.29, 1.82) is 0 Å². The molecule has 1 saturated heterocycles. The van der Waals surface area contributed by atoms with Crippen molar-refractivity contribution in [3.63, 3.8) is 0 Å². The molecule has 1 atom stereocenters. The highest BCUT2D eigenvalue weighted by molar-refractivity contribution is 5.86. The number of nitrogens with one attached hydrogen (secondary N) is 2. The lowest BCUT2D eigenvalue weighted by Crippen LogP contribution is -2.58. The molecule has 0 saturated carbocycles. The quantitative estimate of drug-likeness (QED) is 0.397. The maximum absolute atomic E-state index is 11.5. The summed E-state index contributed by atoms with van der Waals surface area (Å²) in [6.07, 6.45) is 0.216. The highest BCUT2D eigenvalue weighted by Gasteiger charge is 2.43. The van der Waals surface area contributed by atoms with E-state index in [-0.39, 0.29) is 39.4 Å². The lowest BCUT2D eigenvalue weighted by molar-refractivity contribution is -0.144. The Kier molecular flexibility index (Phi) is 5.52. The van der Waals surface area contributed by atoms with Gasteiger partial charge in [0.2, 0.25) is 5.91 Å². The van der Waals surface area contributed by atoms with E-state index >= 15 is 0 Å². The molecule has 108 valence electrons. The van der Waals surface area contributed by atoms with E-state index in [2.05, 4.69) is 10.6 Å². The number of carboxylic acids is 1. The molecule has 9 heteroatoms. The summed E-state index contributed by atoms with van der Waals surface area (Å²) < 4.78 is 9.82. The van der Waals surface area contributed by atoms with E-state index in [9.17, 15) is 14.4 Å². The molecule has 1 unspecified atom stereocenters. The molecule has 0 aliphatic carbocycles. The number of carbonyl (C=O) groups excluding carboxylic acids is 2. The molecule has 5 N–H and O–H groups in total. The van der Waals surface area contributed by atoms with Gasteiger partial charge in [0.1, 0.15) is 6.61 Å². The molecular formula is C10H17N3O6. The normalized spacial score (nSPS) is 21.9. The van der Waals surface area contributed by atoms with Crippen LogP contribution in [0.5, 0.6) is 0 Å². The minimum absolute atomic E-state index is 0.0616. The fourth-order valence-corrected chi connectivity index (χ4v) is 1.56. The minimum atomic E-state index is -1.38. The van der Waals surface area contributed by atoms with Crippen molar-refractivity contribution in [1.82, 2.24) is 10.6 Å². The average Bonchev–Trinajstić information content (AvgIpc) is 2.78. The molecule has 1 fully saturated rings. The zero-order valence-electron chi connectivity index (χ0n) is 10.3. The summed E-state index contributed by atoms with van der Waals surface area (Å²) >= 11 is 0. The van der Waals surface area contributed by atoms with Crippen LogP contribution in [0.1, 0.15) is 6.42 Å². The van der Waals surface area contributed by atoms with Crippen LogP contribution < -0.4 is 16.4 Å². The van der Waals surface area contributed by atoms with Gasteiger partial charge in [-0.15, -0.1) is 0 Å². The average molecular weight is 275 g/mol. The van der Waals surface area contributed by atoms with Gasteiger partial charge < -0.3 is 30.9 Å². The molecule has 1 rings (SSSR count). The van der Waals surface area contributed by atoms with Crippen LogP contribution in [0.3, 0.4) is 0 Å². The van der Waals surface area contributed by atoms with Gasteiger partial charge in [-0.05, 0) is 0 Å². The topological polar surface area (TPSA) is 140 Å². The first-order valence-corrected chi connectivity index (χ1v) is 5.69. The van der Waals surface area contributed by atoms with Crippen LogP contribution >= 0.6 is 0 Å². The number of hydrogen-bond donors (Lipinski definition) is 4. The van der Waals surface area contributed by atoms with E-state index in [4.69, 9.17) is 20.3 Å². The second kappa shape index (κ2) is 6.90. The van der Waals surface area contributed by atoms with E-state index in [1.165, 1.54) is 0 Å². The standard InChI is InChI=1S/C10H17N3O6/c11-7(14)5-18-4-2-12-9(17)13-10(8(15)16)1-3-19-6-10/h1-6H2,(H2,11,14)(H,15,16)(H2,12,13,17). The van der Waals surface area contributed by atoms with Crippen molar-refractivity contribution in [2.24, 2.45) is 5.73 Å². The summed E-state index contributed by atoms with van der Waals surface area (Å²) in [4.78, 5) is 33.0. The molecule has 19 heavy (non-hydrogen) atoms. The van der Waals surface area contributed by atoms with Gasteiger partial charge in [-0.2, -0.15) is 0 Å². The largest absolute Gasteiger partial charge is 0.479 e. The fraction of sp³-hybridized carbons (Fsp3) is 0.700. The molecule has 0 aromatic heterocycles. The van der Waals surface area contributed by atoms with Crippen LogP contribution in [0.25, 0.3) is 0 Å². The summed E-state index contributed by atoms with van der Waals surface area (Å²) in [5, 5.41) is 13.9. The Morgan fingerprint density at radius 1 is 1.42 bits per heavy atom. The van der Waals surface area contributed by atoms with Crippen molar-refractivity contribution in [3.8, 4) is 0 Å². The van der Waals surface area contributed by atoms with Gasteiger partial charge in [0.25, 0.3) is 0 Å². The predicted octanol–water partition coefficient (Wildman–Crippen LogP) is -1.97. The van der Waals surface area contributed by atoms with Gasteiger partial charge >= 0.3 is 12.0 Å². The minimum Gasteiger partial charge on any atom is -0.479 e. The van der Waals surface area contributed by atoms with Crippen molar-refractivity contribution >= 4 is 17.9 Å². The van der Waals surface area contributed by atoms with Gasteiger partial charge in [0, 0.05) is 19.6 Å². The van der Waals surface area contributed by atoms with Gasteiger partial charge in [-0.25, -0.2) is 9.59 Å². The van der Waals surface area contributed by atoms with Crippen LogP contribution in [-0.2, 0) is 19.1 Å². The third-order valence-corrected chi connectivity index (χ3v) is 2.56. The Bertz CT molecular complexity index is 353. The monoisotopic (exact) mass is 275 g/mol. The summed E-state index contributed by atoms with van der Waals surface area (Å²) in [5.41, 5.74) is 3.47. The predicted molar refractivity (Wildman–Crippen MR) is 62.4 cm³/mol. The first kappa shape index (κ1) is 15.2. The lowest BCUT2D eigenvalue weighted by atomic mass is 9.99. The summed E-state index contributed by atoms with van der Waals surface area (Å²) in [5.74, 6) is -1.73. The Balaban J connectivity index is 2.26. The number of carboxylic acid groups (broad SMARTS) is 1. The molecule has 1 aliphatic rings. The number of nitrogens with two attached hydrogens (primary N) is 1. The molecular weight excluding hydrogens is 258 g/mol. The van der Waals surface area contributed by atoms with Gasteiger partial charge in [0.15, 0.2) is 5.54 Å². The van der Waals surface area contributed by atoms with Gasteiger partial charge in [0.05, 0.1) is 13.2 Å². The maximum Gasteiger partial charge on any atom is 0.332 e. The fourth-order valence-electron chi connectivity index (χ4n) is 1.56. The number of rotatable bonds is 7. The van der Waals surface area contributed by atoms with Crippen LogP contribution in [0.2, 0.25) is 0 Å². The Morgan fingerprint density at radius 2 is 2.16 bits per heavy atom. The molecule has 1 aliphatic heterocycles. The lowest BCUT2D eigenvalue weighted by Gasteiger charge is -2.23. The number of amides is 3. The SMILES string of the molecule is NC(=O)COCCNC(=O)NC1(C(=O)O)CCOC1. The molecule has 0 radical (unpaired) electrons. The first-order valence-electron chi connectivity index (χ1n) is 5.69. The maximum atomic E-state index is 11.5.